The van der Waals surface area contributed by atoms with E-state index in [4.69, 9.17) is 13.5 Å². The molecule has 1 aliphatic heterocycles. The molecule has 1 aromatic rings. The lowest BCUT2D eigenvalue weighted by molar-refractivity contribution is -0.134. The molecule has 166 valence electrons. The van der Waals surface area contributed by atoms with Gasteiger partial charge in [-0.3, -0.25) is 14.1 Å². The molecular formula is C21H30N2O6S. The summed E-state index contributed by atoms with van der Waals surface area (Å²) < 4.78 is 20.0. The maximum Gasteiger partial charge on any atom is 0.337 e. The van der Waals surface area contributed by atoms with E-state index in [0.717, 1.165) is 18.4 Å². The highest BCUT2D eigenvalue weighted by Crippen LogP contribution is 2.27. The van der Waals surface area contributed by atoms with Crippen molar-refractivity contribution in [3.63, 3.8) is 0 Å². The van der Waals surface area contributed by atoms with E-state index in [9.17, 15) is 15.0 Å². The average Bonchev–Trinajstić information content (AvgIpc) is 2.70. The van der Waals surface area contributed by atoms with Crippen LogP contribution in [0, 0.1) is 5.92 Å². The van der Waals surface area contributed by atoms with Crippen LogP contribution in [0.1, 0.15) is 31.7 Å². The van der Waals surface area contributed by atoms with Crippen molar-refractivity contribution in [3.8, 4) is 0 Å². The minimum absolute atomic E-state index is 0.0756. The summed E-state index contributed by atoms with van der Waals surface area (Å²) in [6.07, 6.45) is 7.46. The van der Waals surface area contributed by atoms with E-state index in [1.54, 1.807) is 18.5 Å². The number of hydrogen-bond acceptors (Lipinski definition) is 8. The quantitative estimate of drug-likeness (QED) is 0.174. The van der Waals surface area contributed by atoms with Crippen molar-refractivity contribution >= 4 is 18.3 Å². The summed E-state index contributed by atoms with van der Waals surface area (Å²) in [5.74, 6) is -1.44. The summed E-state index contributed by atoms with van der Waals surface area (Å²) in [5.41, 5.74) is 0.910. The molecule has 0 bridgehead atoms. The molecular weight excluding hydrogens is 408 g/mol. The number of rotatable bonds is 14. The maximum atomic E-state index is 11.8. The molecule has 0 aliphatic carbocycles. The zero-order chi connectivity index (χ0) is 21.9. The summed E-state index contributed by atoms with van der Waals surface area (Å²) in [6.45, 7) is 6.78. The van der Waals surface area contributed by atoms with Gasteiger partial charge in [0.2, 0.25) is 0 Å². The third kappa shape index (κ3) is 7.10. The van der Waals surface area contributed by atoms with Crippen LogP contribution in [-0.4, -0.2) is 62.1 Å². The third-order valence-electron chi connectivity index (χ3n) is 5.14. The van der Waals surface area contributed by atoms with Crippen LogP contribution in [0.25, 0.3) is 0 Å². The lowest BCUT2D eigenvalue weighted by Gasteiger charge is -2.41. The summed E-state index contributed by atoms with van der Waals surface area (Å²) in [5, 5.41) is 20.0. The largest absolute Gasteiger partial charge is 0.495 e. The molecule has 8 nitrogen and oxygen atoms in total. The van der Waals surface area contributed by atoms with Gasteiger partial charge in [0.1, 0.15) is 24.0 Å². The molecule has 9 heteroatoms. The van der Waals surface area contributed by atoms with Gasteiger partial charge in [0, 0.05) is 37.8 Å². The van der Waals surface area contributed by atoms with E-state index >= 15 is 0 Å². The molecule has 0 aromatic carbocycles. The van der Waals surface area contributed by atoms with E-state index in [1.807, 2.05) is 24.0 Å². The molecule has 30 heavy (non-hydrogen) atoms. The number of aliphatic carboxylic acids is 1. The highest BCUT2D eigenvalue weighted by atomic mass is 32.2. The number of aliphatic hydroxyl groups is 1. The fourth-order valence-electron chi connectivity index (χ4n) is 3.30. The van der Waals surface area contributed by atoms with Crippen molar-refractivity contribution in [1.82, 2.24) is 9.88 Å². The first-order chi connectivity index (χ1) is 14.5. The molecule has 0 saturated carbocycles. The van der Waals surface area contributed by atoms with Crippen LogP contribution in [0.3, 0.4) is 0 Å². The van der Waals surface area contributed by atoms with Gasteiger partial charge in [-0.05, 0) is 24.1 Å². The summed E-state index contributed by atoms with van der Waals surface area (Å²) in [6, 6.07) is 3.71. The first-order valence-electron chi connectivity index (χ1n) is 9.99. The zero-order valence-corrected chi connectivity index (χ0v) is 17.9. The molecule has 2 heterocycles. The second kappa shape index (κ2) is 12.7. The summed E-state index contributed by atoms with van der Waals surface area (Å²) >= 11 is 0.139. The van der Waals surface area contributed by atoms with Gasteiger partial charge >= 0.3 is 5.97 Å². The van der Waals surface area contributed by atoms with Crippen LogP contribution < -0.4 is 0 Å². The molecule has 3 atom stereocenters. The topological polar surface area (TPSA) is 112 Å². The molecule has 1 aliphatic rings. The second-order valence-corrected chi connectivity index (χ2v) is 7.61. The Bertz CT molecular complexity index is 696. The van der Waals surface area contributed by atoms with Crippen molar-refractivity contribution < 1.29 is 28.5 Å². The number of hydrogen-bond donors (Lipinski definition) is 3. The lowest BCUT2D eigenvalue weighted by atomic mass is 9.91. The van der Waals surface area contributed by atoms with Crippen molar-refractivity contribution in [2.45, 2.75) is 51.0 Å². The molecule has 1 aromatic heterocycles. The van der Waals surface area contributed by atoms with Crippen molar-refractivity contribution in [3.05, 3.63) is 54.6 Å². The van der Waals surface area contributed by atoms with Gasteiger partial charge in [-0.25, -0.2) is 4.79 Å². The molecule has 1 saturated heterocycles. The second-order valence-electron chi connectivity index (χ2n) is 7.26. The SMILES string of the molecule is C=CC(CCCC)C(OSO)/C(=C/OC1CN(C(O)Cc2ccncc2)C1)C(=O)O. The molecule has 0 amide bonds. The fourth-order valence-corrected chi connectivity index (χ4v) is 3.64. The molecule has 3 unspecified atom stereocenters. The van der Waals surface area contributed by atoms with Gasteiger partial charge in [-0.2, -0.15) is 0 Å². The van der Waals surface area contributed by atoms with Gasteiger partial charge in [-0.1, -0.05) is 25.8 Å². The zero-order valence-electron chi connectivity index (χ0n) is 17.1. The molecule has 3 N–H and O–H groups in total. The first kappa shape index (κ1) is 24.4. The van der Waals surface area contributed by atoms with Gasteiger partial charge in [0.15, 0.2) is 12.3 Å². The van der Waals surface area contributed by atoms with E-state index < -0.39 is 18.3 Å². The summed E-state index contributed by atoms with van der Waals surface area (Å²) in [4.78, 5) is 17.6. The van der Waals surface area contributed by atoms with Crippen LogP contribution in [0.15, 0.2) is 49.0 Å². The highest BCUT2D eigenvalue weighted by molar-refractivity contribution is 7.88. The molecule has 1 fully saturated rings. The van der Waals surface area contributed by atoms with Crippen LogP contribution >= 0.6 is 12.3 Å². The number of aromatic nitrogens is 1. The molecule has 0 spiro atoms. The van der Waals surface area contributed by atoms with Gasteiger partial charge in [0.05, 0.1) is 6.26 Å². The monoisotopic (exact) mass is 438 g/mol. The number of pyridine rings is 1. The van der Waals surface area contributed by atoms with E-state index in [0.29, 0.717) is 25.9 Å². The average molecular weight is 439 g/mol. The predicted octanol–water partition coefficient (Wildman–Crippen LogP) is 3.11. The van der Waals surface area contributed by atoms with E-state index in [2.05, 4.69) is 11.6 Å². The van der Waals surface area contributed by atoms with E-state index in [1.165, 1.54) is 6.26 Å². The van der Waals surface area contributed by atoms with Crippen molar-refractivity contribution in [1.29, 1.82) is 0 Å². The van der Waals surface area contributed by atoms with E-state index in [-0.39, 0.29) is 29.9 Å². The molecule has 0 radical (unpaired) electrons. The van der Waals surface area contributed by atoms with Crippen LogP contribution in [0.5, 0.6) is 0 Å². The van der Waals surface area contributed by atoms with Crippen molar-refractivity contribution in [2.24, 2.45) is 5.92 Å². The number of aliphatic hydroxyl groups excluding tert-OH is 1. The minimum Gasteiger partial charge on any atom is -0.495 e. The normalized spacial score (nSPS) is 18.3. The Morgan fingerprint density at radius 3 is 2.70 bits per heavy atom. The number of ether oxygens (including phenoxy) is 1. The third-order valence-corrected chi connectivity index (χ3v) is 5.43. The Morgan fingerprint density at radius 2 is 2.13 bits per heavy atom. The van der Waals surface area contributed by atoms with Crippen molar-refractivity contribution in [2.75, 3.05) is 13.1 Å². The number of carboxylic acid groups (broad SMARTS) is 1. The van der Waals surface area contributed by atoms with Crippen LogP contribution in [0.4, 0.5) is 0 Å². The number of likely N-dealkylation sites (tertiary alicyclic amines) is 1. The first-order valence-corrected chi connectivity index (χ1v) is 10.7. The van der Waals surface area contributed by atoms with Gasteiger partial charge in [-0.15, -0.1) is 6.58 Å². The molecule has 2 rings (SSSR count). The fraction of sp³-hybridized carbons (Fsp3) is 0.524. The number of unbranched alkanes of at least 4 members (excludes halogenated alkanes) is 1. The van der Waals surface area contributed by atoms with Gasteiger partial charge < -0.3 is 19.5 Å². The lowest BCUT2D eigenvalue weighted by Crippen LogP contribution is -2.56. The number of carboxylic acids is 1. The highest BCUT2D eigenvalue weighted by Gasteiger charge is 2.34. The minimum atomic E-state index is -1.17. The smallest absolute Gasteiger partial charge is 0.337 e. The van der Waals surface area contributed by atoms with Crippen LogP contribution in [0.2, 0.25) is 0 Å². The summed E-state index contributed by atoms with van der Waals surface area (Å²) in [7, 11) is 0. The Balaban J connectivity index is 1.94. The Hall–Kier alpha value is -1.91. The van der Waals surface area contributed by atoms with Crippen LogP contribution in [-0.2, 0) is 20.1 Å². The number of nitrogens with zero attached hydrogens (tertiary/aromatic N) is 2. The Morgan fingerprint density at radius 1 is 1.43 bits per heavy atom. The standard InChI is InChI=1S/C21H30N2O6S/c1-3-5-6-16(4-2)20(29-30-27)18(21(25)26)14-28-17-12-23(13-17)19(24)11-15-7-9-22-10-8-15/h4,7-10,14,16-17,19-20,24,27H,2-3,5-6,11-13H2,1H3,(H,25,26)/b18-14-. The maximum absolute atomic E-state index is 11.8. The number of carbonyl (C=O) groups is 1. The Labute approximate surface area is 181 Å². The Kier molecular flexibility index (Phi) is 10.3. The van der Waals surface area contributed by atoms with Gasteiger partial charge in [0.25, 0.3) is 0 Å². The predicted molar refractivity (Wildman–Crippen MR) is 114 cm³/mol.